The number of aliphatic hydroxyl groups excluding tert-OH is 1. The van der Waals surface area contributed by atoms with Gasteiger partial charge in [0.15, 0.2) is 0 Å². The molecule has 0 aromatic heterocycles. The third kappa shape index (κ3) is 3.76. The van der Waals surface area contributed by atoms with Crippen molar-refractivity contribution in [3.63, 3.8) is 0 Å². The number of nitrogens with zero attached hydrogens (tertiary/aromatic N) is 2. The lowest BCUT2D eigenvalue weighted by Gasteiger charge is -2.43. The van der Waals surface area contributed by atoms with Gasteiger partial charge in [0.05, 0.1) is 6.61 Å². The summed E-state index contributed by atoms with van der Waals surface area (Å²) in [4.78, 5) is 4.74. The van der Waals surface area contributed by atoms with E-state index in [2.05, 4.69) is 41.1 Å². The van der Waals surface area contributed by atoms with Gasteiger partial charge in [-0.2, -0.15) is 0 Å². The number of likely N-dealkylation sites (N-methyl/N-ethyl adjacent to an activating group) is 1. The normalized spacial score (nSPS) is 25.2. The topological polar surface area (TPSA) is 52.7 Å². The van der Waals surface area contributed by atoms with Crippen LogP contribution >= 0.6 is 0 Å². The van der Waals surface area contributed by atoms with E-state index in [0.717, 1.165) is 26.2 Å². The van der Waals surface area contributed by atoms with Gasteiger partial charge >= 0.3 is 0 Å². The highest BCUT2D eigenvalue weighted by Gasteiger charge is 2.31. The summed E-state index contributed by atoms with van der Waals surface area (Å²) in [5.74, 6) is 0. The fraction of sp³-hybridized carbons (Fsp3) is 0.600. The molecular formula is C15H25N3O. The highest BCUT2D eigenvalue weighted by Crippen LogP contribution is 2.25. The highest BCUT2D eigenvalue weighted by molar-refractivity contribution is 5.20. The van der Waals surface area contributed by atoms with Crippen LogP contribution in [-0.4, -0.2) is 60.3 Å². The molecule has 0 radical (unpaired) electrons. The van der Waals surface area contributed by atoms with Gasteiger partial charge in [0.2, 0.25) is 0 Å². The van der Waals surface area contributed by atoms with E-state index < -0.39 is 5.54 Å². The molecule has 106 valence electrons. The van der Waals surface area contributed by atoms with Crippen LogP contribution in [0, 0.1) is 0 Å². The Morgan fingerprint density at radius 1 is 1.32 bits per heavy atom. The fourth-order valence-electron chi connectivity index (χ4n) is 2.65. The Kier molecular flexibility index (Phi) is 4.58. The molecular weight excluding hydrogens is 238 g/mol. The summed E-state index contributed by atoms with van der Waals surface area (Å²) in [6.45, 7) is 5.68. The van der Waals surface area contributed by atoms with Crippen molar-refractivity contribution < 1.29 is 5.11 Å². The Hall–Kier alpha value is -0.940. The average Bonchev–Trinajstić information content (AvgIpc) is 2.42. The van der Waals surface area contributed by atoms with Gasteiger partial charge in [0, 0.05) is 37.8 Å². The summed E-state index contributed by atoms with van der Waals surface area (Å²) in [5.41, 5.74) is 6.90. The van der Waals surface area contributed by atoms with E-state index in [1.165, 1.54) is 5.56 Å². The van der Waals surface area contributed by atoms with E-state index in [4.69, 9.17) is 5.73 Å². The highest BCUT2D eigenvalue weighted by atomic mass is 16.3. The first kappa shape index (κ1) is 14.5. The zero-order valence-electron chi connectivity index (χ0n) is 11.9. The molecule has 2 rings (SSSR count). The van der Waals surface area contributed by atoms with E-state index in [1.54, 1.807) is 0 Å². The number of rotatable bonds is 4. The van der Waals surface area contributed by atoms with E-state index >= 15 is 0 Å². The first-order chi connectivity index (χ1) is 9.02. The van der Waals surface area contributed by atoms with Crippen molar-refractivity contribution in [3.8, 4) is 0 Å². The van der Waals surface area contributed by atoms with Gasteiger partial charge in [-0.05, 0) is 19.5 Å². The SMILES string of the molecule is CN1CCN(CC(C)(N)CO)C(c2ccccc2)C1. The minimum atomic E-state index is -0.539. The van der Waals surface area contributed by atoms with Crippen molar-refractivity contribution in [3.05, 3.63) is 35.9 Å². The van der Waals surface area contributed by atoms with E-state index in [0.29, 0.717) is 6.04 Å². The van der Waals surface area contributed by atoms with Gasteiger partial charge < -0.3 is 15.7 Å². The standard InChI is InChI=1S/C15H25N3O/c1-15(16,12-19)11-18-9-8-17(2)10-14(18)13-6-4-3-5-7-13/h3-7,14,19H,8-12,16H2,1-2H3. The lowest BCUT2D eigenvalue weighted by Crippen LogP contribution is -2.56. The molecule has 1 heterocycles. The summed E-state index contributed by atoms with van der Waals surface area (Å²) in [6, 6.07) is 10.9. The lowest BCUT2D eigenvalue weighted by molar-refractivity contribution is 0.0570. The van der Waals surface area contributed by atoms with Crippen molar-refractivity contribution in [2.45, 2.75) is 18.5 Å². The fourth-order valence-corrected chi connectivity index (χ4v) is 2.65. The summed E-state index contributed by atoms with van der Waals surface area (Å²) in [7, 11) is 2.15. The van der Waals surface area contributed by atoms with E-state index in [9.17, 15) is 5.11 Å². The Balaban J connectivity index is 2.16. The van der Waals surface area contributed by atoms with Crippen LogP contribution in [0.25, 0.3) is 0 Å². The number of nitrogens with two attached hydrogens (primary N) is 1. The molecule has 1 aromatic rings. The molecule has 0 bridgehead atoms. The molecule has 1 aliphatic heterocycles. The second-order valence-corrected chi connectivity index (χ2v) is 5.97. The van der Waals surface area contributed by atoms with Gasteiger partial charge in [-0.3, -0.25) is 4.90 Å². The summed E-state index contributed by atoms with van der Waals surface area (Å²) >= 11 is 0. The number of benzene rings is 1. The van der Waals surface area contributed by atoms with E-state index in [-0.39, 0.29) is 6.61 Å². The maximum absolute atomic E-state index is 9.37. The molecule has 1 aromatic carbocycles. The molecule has 0 spiro atoms. The monoisotopic (exact) mass is 263 g/mol. The van der Waals surface area contributed by atoms with Crippen LogP contribution in [0.1, 0.15) is 18.5 Å². The van der Waals surface area contributed by atoms with Crippen molar-refractivity contribution in [1.29, 1.82) is 0 Å². The summed E-state index contributed by atoms with van der Waals surface area (Å²) in [5, 5.41) is 9.37. The minimum Gasteiger partial charge on any atom is -0.394 e. The first-order valence-electron chi connectivity index (χ1n) is 6.89. The molecule has 1 saturated heterocycles. The molecule has 2 atom stereocenters. The van der Waals surface area contributed by atoms with Crippen LogP contribution in [0.4, 0.5) is 0 Å². The van der Waals surface area contributed by atoms with Gasteiger partial charge in [-0.15, -0.1) is 0 Å². The lowest BCUT2D eigenvalue weighted by atomic mass is 9.98. The number of piperazine rings is 1. The molecule has 3 N–H and O–H groups in total. The van der Waals surface area contributed by atoms with Gasteiger partial charge in [-0.25, -0.2) is 0 Å². The van der Waals surface area contributed by atoms with Crippen molar-refractivity contribution >= 4 is 0 Å². The molecule has 1 fully saturated rings. The van der Waals surface area contributed by atoms with Crippen LogP contribution in [0.2, 0.25) is 0 Å². The number of aliphatic hydroxyl groups is 1. The average molecular weight is 263 g/mol. The van der Waals surface area contributed by atoms with Crippen molar-refractivity contribution in [2.75, 3.05) is 39.8 Å². The Labute approximate surface area is 115 Å². The summed E-state index contributed by atoms with van der Waals surface area (Å²) < 4.78 is 0. The molecule has 0 aliphatic carbocycles. The zero-order valence-corrected chi connectivity index (χ0v) is 11.9. The predicted octanol–water partition coefficient (Wildman–Crippen LogP) is 0.685. The van der Waals surface area contributed by atoms with Crippen molar-refractivity contribution in [2.24, 2.45) is 5.73 Å². The van der Waals surface area contributed by atoms with Crippen LogP contribution in [-0.2, 0) is 0 Å². The maximum Gasteiger partial charge on any atom is 0.0621 e. The second-order valence-electron chi connectivity index (χ2n) is 5.97. The summed E-state index contributed by atoms with van der Waals surface area (Å²) in [6.07, 6.45) is 0. The largest absolute Gasteiger partial charge is 0.394 e. The van der Waals surface area contributed by atoms with Gasteiger partial charge in [0.1, 0.15) is 0 Å². The van der Waals surface area contributed by atoms with Crippen LogP contribution < -0.4 is 5.73 Å². The Bertz CT molecular complexity index is 394. The molecule has 4 nitrogen and oxygen atoms in total. The molecule has 1 aliphatic rings. The Morgan fingerprint density at radius 2 is 2.00 bits per heavy atom. The maximum atomic E-state index is 9.37. The van der Waals surface area contributed by atoms with Gasteiger partial charge in [0.25, 0.3) is 0 Å². The molecule has 19 heavy (non-hydrogen) atoms. The number of hydrogen-bond acceptors (Lipinski definition) is 4. The van der Waals surface area contributed by atoms with Crippen LogP contribution in [0.15, 0.2) is 30.3 Å². The minimum absolute atomic E-state index is 0.0147. The first-order valence-corrected chi connectivity index (χ1v) is 6.89. The van der Waals surface area contributed by atoms with Crippen LogP contribution in [0.3, 0.4) is 0 Å². The van der Waals surface area contributed by atoms with Crippen molar-refractivity contribution in [1.82, 2.24) is 9.80 Å². The van der Waals surface area contributed by atoms with Crippen LogP contribution in [0.5, 0.6) is 0 Å². The molecule has 2 unspecified atom stereocenters. The smallest absolute Gasteiger partial charge is 0.0621 e. The third-order valence-corrected chi connectivity index (χ3v) is 3.80. The molecule has 0 saturated carbocycles. The van der Waals surface area contributed by atoms with E-state index in [1.807, 2.05) is 13.0 Å². The predicted molar refractivity (Wildman–Crippen MR) is 77.9 cm³/mol. The van der Waals surface area contributed by atoms with Gasteiger partial charge in [-0.1, -0.05) is 30.3 Å². The zero-order chi connectivity index (χ0) is 13.9. The third-order valence-electron chi connectivity index (χ3n) is 3.80. The quantitative estimate of drug-likeness (QED) is 0.839. The Morgan fingerprint density at radius 3 is 2.63 bits per heavy atom. The molecule has 0 amide bonds. The number of hydrogen-bond donors (Lipinski definition) is 2. The second kappa shape index (κ2) is 6.01. The molecule has 4 heteroatoms.